The molecule has 0 spiro atoms. The third-order valence-corrected chi connectivity index (χ3v) is 5.56. The van der Waals surface area contributed by atoms with Gasteiger partial charge in [-0.1, -0.05) is 84.9 Å². The number of hydrogen-bond acceptors (Lipinski definition) is 5. The Balaban J connectivity index is 1.68. The minimum Gasteiger partial charge on any atom is -0.468 e. The van der Waals surface area contributed by atoms with Crippen LogP contribution in [0, 0.1) is 0 Å². The number of hydrogen-bond donors (Lipinski definition) is 2. The highest BCUT2D eigenvalue weighted by atomic mass is 16.6. The first-order valence-corrected chi connectivity index (χ1v) is 11.3. The molecule has 0 aliphatic rings. The molecule has 182 valence electrons. The van der Waals surface area contributed by atoms with Crippen molar-refractivity contribution in [2.24, 2.45) is 0 Å². The van der Waals surface area contributed by atoms with Gasteiger partial charge in [-0.05, 0) is 36.1 Å². The lowest BCUT2D eigenvalue weighted by atomic mass is 9.95. The zero-order valence-electron chi connectivity index (χ0n) is 20.1. The molecule has 3 aromatic carbocycles. The lowest BCUT2D eigenvalue weighted by Gasteiger charge is -2.27. The molecule has 0 saturated carbocycles. The summed E-state index contributed by atoms with van der Waals surface area (Å²) in [5.41, 5.74) is 2.86. The van der Waals surface area contributed by atoms with Gasteiger partial charge in [-0.25, -0.2) is 4.79 Å². The fourth-order valence-electron chi connectivity index (χ4n) is 3.57. The van der Waals surface area contributed by atoms with Gasteiger partial charge in [0.25, 0.3) is 0 Å². The van der Waals surface area contributed by atoms with Crippen LogP contribution in [0.5, 0.6) is 0 Å². The summed E-state index contributed by atoms with van der Waals surface area (Å²) in [7, 11) is 1.24. The van der Waals surface area contributed by atoms with E-state index in [-0.39, 0.29) is 13.0 Å². The zero-order valence-corrected chi connectivity index (χ0v) is 20.1. The van der Waals surface area contributed by atoms with Crippen LogP contribution in [-0.2, 0) is 31.1 Å². The van der Waals surface area contributed by atoms with Crippen LogP contribution in [0.3, 0.4) is 0 Å². The molecule has 0 aromatic heterocycles. The lowest BCUT2D eigenvalue weighted by Crippen LogP contribution is -2.50. The van der Waals surface area contributed by atoms with E-state index < -0.39 is 29.6 Å². The van der Waals surface area contributed by atoms with Crippen molar-refractivity contribution in [2.75, 3.05) is 13.7 Å². The van der Waals surface area contributed by atoms with Crippen LogP contribution in [0.25, 0.3) is 11.1 Å². The Morgan fingerprint density at radius 2 is 1.40 bits per heavy atom. The molecule has 0 aliphatic heterocycles. The molecule has 3 rings (SSSR count). The van der Waals surface area contributed by atoms with E-state index in [1.54, 1.807) is 13.8 Å². The van der Waals surface area contributed by atoms with Gasteiger partial charge < -0.3 is 20.1 Å². The Bertz CT molecular complexity index is 1130. The number of methoxy groups -OCH3 is 1. The number of carbonyl (C=O) groups is 3. The standard InChI is InChI=1S/C28H30N2O5/c1-28(2,23-16-14-22(15-17-23)21-12-8-5-9-13-21)35-27(33)30-24(18-20-10-6-4-7-11-20)26(32)29-19-25(31)34-3/h4-17,24H,18-19H2,1-3H3,(H,29,32)(H,30,33). The van der Waals surface area contributed by atoms with Crippen LogP contribution in [0.4, 0.5) is 4.79 Å². The Morgan fingerprint density at radius 3 is 2.00 bits per heavy atom. The average Bonchev–Trinajstić information content (AvgIpc) is 2.87. The number of esters is 1. The molecule has 2 amide bonds. The van der Waals surface area contributed by atoms with E-state index in [4.69, 9.17) is 4.74 Å². The van der Waals surface area contributed by atoms with Crippen molar-refractivity contribution in [3.63, 3.8) is 0 Å². The average molecular weight is 475 g/mol. The largest absolute Gasteiger partial charge is 0.468 e. The van der Waals surface area contributed by atoms with E-state index in [2.05, 4.69) is 15.4 Å². The van der Waals surface area contributed by atoms with E-state index in [9.17, 15) is 14.4 Å². The molecule has 3 aromatic rings. The molecule has 1 unspecified atom stereocenters. The molecule has 0 radical (unpaired) electrons. The molecule has 0 heterocycles. The summed E-state index contributed by atoms with van der Waals surface area (Å²) in [6.45, 7) is 3.28. The summed E-state index contributed by atoms with van der Waals surface area (Å²) in [5.74, 6) is -1.10. The molecular weight excluding hydrogens is 444 g/mol. The van der Waals surface area contributed by atoms with Crippen molar-refractivity contribution >= 4 is 18.0 Å². The SMILES string of the molecule is COC(=O)CNC(=O)C(Cc1ccccc1)NC(=O)OC(C)(C)c1ccc(-c2ccccc2)cc1. The third kappa shape index (κ3) is 7.43. The molecule has 2 N–H and O–H groups in total. The van der Waals surface area contributed by atoms with Gasteiger partial charge >= 0.3 is 12.1 Å². The number of alkyl carbamates (subject to hydrolysis) is 1. The van der Waals surface area contributed by atoms with Crippen molar-refractivity contribution in [3.8, 4) is 11.1 Å². The molecule has 35 heavy (non-hydrogen) atoms. The van der Waals surface area contributed by atoms with Crippen LogP contribution in [0.1, 0.15) is 25.0 Å². The van der Waals surface area contributed by atoms with Crippen molar-refractivity contribution < 1.29 is 23.9 Å². The molecule has 0 bridgehead atoms. The summed E-state index contributed by atoms with van der Waals surface area (Å²) in [6.07, 6.45) is -0.508. The normalized spacial score (nSPS) is 11.7. The molecular formula is C28H30N2O5. The van der Waals surface area contributed by atoms with Gasteiger partial charge in [-0.3, -0.25) is 9.59 Å². The smallest absolute Gasteiger partial charge is 0.408 e. The topological polar surface area (TPSA) is 93.7 Å². The van der Waals surface area contributed by atoms with Gasteiger partial charge in [-0.2, -0.15) is 0 Å². The maximum Gasteiger partial charge on any atom is 0.408 e. The second-order valence-corrected chi connectivity index (χ2v) is 8.52. The van der Waals surface area contributed by atoms with Crippen LogP contribution < -0.4 is 10.6 Å². The zero-order chi connectivity index (χ0) is 25.3. The molecule has 1 atom stereocenters. The number of ether oxygens (including phenoxy) is 2. The predicted octanol–water partition coefficient (Wildman–Crippen LogP) is 4.22. The summed E-state index contributed by atoms with van der Waals surface area (Å²) in [4.78, 5) is 37.0. The Labute approximate surface area is 205 Å². The van der Waals surface area contributed by atoms with Gasteiger partial charge in [0.15, 0.2) is 0 Å². The molecule has 7 heteroatoms. The van der Waals surface area contributed by atoms with E-state index in [0.717, 1.165) is 22.3 Å². The van der Waals surface area contributed by atoms with Gasteiger partial charge in [0, 0.05) is 6.42 Å². The Kier molecular flexibility index (Phi) is 8.62. The van der Waals surface area contributed by atoms with E-state index in [1.165, 1.54) is 7.11 Å². The van der Waals surface area contributed by atoms with Crippen molar-refractivity contribution in [1.29, 1.82) is 0 Å². The molecule has 7 nitrogen and oxygen atoms in total. The van der Waals surface area contributed by atoms with E-state index in [0.29, 0.717) is 0 Å². The van der Waals surface area contributed by atoms with Gasteiger partial charge in [0.2, 0.25) is 5.91 Å². The molecule has 0 aliphatic carbocycles. The fourth-order valence-corrected chi connectivity index (χ4v) is 3.57. The van der Waals surface area contributed by atoms with Crippen LogP contribution in [0.2, 0.25) is 0 Å². The first kappa shape index (κ1) is 25.5. The van der Waals surface area contributed by atoms with Crippen molar-refractivity contribution in [2.45, 2.75) is 31.9 Å². The predicted molar refractivity (Wildman–Crippen MR) is 133 cm³/mol. The van der Waals surface area contributed by atoms with Crippen LogP contribution in [-0.4, -0.2) is 37.7 Å². The van der Waals surface area contributed by atoms with E-state index >= 15 is 0 Å². The minimum atomic E-state index is -0.945. The van der Waals surface area contributed by atoms with Crippen LogP contribution in [0.15, 0.2) is 84.9 Å². The highest BCUT2D eigenvalue weighted by Crippen LogP contribution is 2.28. The lowest BCUT2D eigenvalue weighted by molar-refractivity contribution is -0.141. The second-order valence-electron chi connectivity index (χ2n) is 8.52. The van der Waals surface area contributed by atoms with Crippen LogP contribution >= 0.6 is 0 Å². The second kappa shape index (κ2) is 11.8. The maximum absolute atomic E-state index is 12.8. The fraction of sp³-hybridized carbons (Fsp3) is 0.250. The number of benzene rings is 3. The highest BCUT2D eigenvalue weighted by Gasteiger charge is 2.29. The molecule has 0 saturated heterocycles. The van der Waals surface area contributed by atoms with Gasteiger partial charge in [0.05, 0.1) is 7.11 Å². The minimum absolute atomic E-state index is 0.231. The van der Waals surface area contributed by atoms with Crippen molar-refractivity contribution in [3.05, 3.63) is 96.1 Å². The first-order valence-electron chi connectivity index (χ1n) is 11.3. The number of rotatable bonds is 9. The summed E-state index contributed by atoms with van der Waals surface area (Å²) >= 11 is 0. The summed E-state index contributed by atoms with van der Waals surface area (Å²) in [6, 6.07) is 26.1. The van der Waals surface area contributed by atoms with Crippen molar-refractivity contribution in [1.82, 2.24) is 10.6 Å². The Hall–Kier alpha value is -4.13. The maximum atomic E-state index is 12.8. The number of carbonyl (C=O) groups excluding carboxylic acids is 3. The van der Waals surface area contributed by atoms with Gasteiger partial charge in [-0.15, -0.1) is 0 Å². The monoisotopic (exact) mass is 474 g/mol. The molecule has 0 fully saturated rings. The summed E-state index contributed by atoms with van der Waals surface area (Å²) < 4.78 is 10.3. The third-order valence-electron chi connectivity index (χ3n) is 5.56. The summed E-state index contributed by atoms with van der Waals surface area (Å²) in [5, 5.41) is 5.14. The van der Waals surface area contributed by atoms with Gasteiger partial charge in [0.1, 0.15) is 18.2 Å². The number of amides is 2. The Morgan fingerprint density at radius 1 is 0.829 bits per heavy atom. The first-order chi connectivity index (χ1) is 16.8. The number of nitrogens with one attached hydrogen (secondary N) is 2. The quantitative estimate of drug-likeness (QED) is 0.453. The highest BCUT2D eigenvalue weighted by molar-refractivity contribution is 5.88. The van der Waals surface area contributed by atoms with E-state index in [1.807, 2.05) is 84.9 Å².